The van der Waals surface area contributed by atoms with Crippen molar-refractivity contribution in [2.24, 2.45) is 0 Å². The predicted molar refractivity (Wildman–Crippen MR) is 84.6 cm³/mol. The molecule has 1 amide bonds. The first-order valence-electron chi connectivity index (χ1n) is 6.57. The molecule has 1 aromatic rings. The first-order chi connectivity index (χ1) is 9.25. The Bertz CT molecular complexity index is 399. The SMILES string of the molecule is CC(CNC(=O)C1CNCCO1)Sc1ccccc1.Cl. The number of halogens is 1. The van der Waals surface area contributed by atoms with Crippen molar-refractivity contribution in [1.29, 1.82) is 0 Å². The third-order valence-corrected chi connectivity index (χ3v) is 3.98. The van der Waals surface area contributed by atoms with Gasteiger partial charge in [-0.3, -0.25) is 4.79 Å². The topological polar surface area (TPSA) is 50.4 Å². The Labute approximate surface area is 130 Å². The quantitative estimate of drug-likeness (QED) is 0.812. The fourth-order valence-electron chi connectivity index (χ4n) is 1.87. The summed E-state index contributed by atoms with van der Waals surface area (Å²) < 4.78 is 5.41. The summed E-state index contributed by atoms with van der Waals surface area (Å²) in [6.45, 7) is 4.79. The molecule has 0 bridgehead atoms. The fourth-order valence-corrected chi connectivity index (χ4v) is 2.81. The number of benzene rings is 1. The van der Waals surface area contributed by atoms with Crippen LogP contribution in [0, 0.1) is 0 Å². The van der Waals surface area contributed by atoms with Crippen molar-refractivity contribution in [2.75, 3.05) is 26.2 Å². The van der Waals surface area contributed by atoms with Crippen LogP contribution in [-0.4, -0.2) is 43.5 Å². The molecule has 2 unspecified atom stereocenters. The Hall–Kier alpha value is -0.750. The van der Waals surface area contributed by atoms with Crippen molar-refractivity contribution in [2.45, 2.75) is 23.2 Å². The molecule has 0 aliphatic carbocycles. The summed E-state index contributed by atoms with van der Waals surface area (Å²) in [6.07, 6.45) is -0.345. The minimum atomic E-state index is -0.345. The number of ether oxygens (including phenoxy) is 1. The third-order valence-electron chi connectivity index (χ3n) is 2.86. The zero-order chi connectivity index (χ0) is 13.5. The summed E-state index contributed by atoms with van der Waals surface area (Å²) in [4.78, 5) is 13.1. The molecule has 1 saturated heterocycles. The molecule has 2 atom stereocenters. The molecule has 112 valence electrons. The average molecular weight is 317 g/mol. The van der Waals surface area contributed by atoms with Gasteiger partial charge in [0.2, 0.25) is 0 Å². The van der Waals surface area contributed by atoms with Crippen molar-refractivity contribution in [3.63, 3.8) is 0 Å². The molecule has 0 radical (unpaired) electrons. The first kappa shape index (κ1) is 17.3. The summed E-state index contributed by atoms with van der Waals surface area (Å²) in [6, 6.07) is 10.2. The maximum Gasteiger partial charge on any atom is 0.250 e. The lowest BCUT2D eigenvalue weighted by molar-refractivity contribution is -0.134. The highest BCUT2D eigenvalue weighted by molar-refractivity contribution is 8.00. The van der Waals surface area contributed by atoms with Crippen molar-refractivity contribution < 1.29 is 9.53 Å². The van der Waals surface area contributed by atoms with Crippen LogP contribution in [0.1, 0.15) is 6.92 Å². The van der Waals surface area contributed by atoms with Gasteiger partial charge in [-0.1, -0.05) is 25.1 Å². The summed E-state index contributed by atoms with van der Waals surface area (Å²) in [7, 11) is 0. The van der Waals surface area contributed by atoms with E-state index in [1.54, 1.807) is 11.8 Å². The van der Waals surface area contributed by atoms with E-state index in [0.29, 0.717) is 24.9 Å². The van der Waals surface area contributed by atoms with Crippen LogP contribution >= 0.6 is 24.2 Å². The van der Waals surface area contributed by atoms with Gasteiger partial charge in [0.1, 0.15) is 6.10 Å². The summed E-state index contributed by atoms with van der Waals surface area (Å²) in [5.74, 6) is -0.0206. The molecule has 2 N–H and O–H groups in total. The molecule has 0 saturated carbocycles. The van der Waals surface area contributed by atoms with Gasteiger partial charge in [-0.25, -0.2) is 0 Å². The highest BCUT2D eigenvalue weighted by Crippen LogP contribution is 2.21. The van der Waals surface area contributed by atoms with E-state index in [9.17, 15) is 4.79 Å². The van der Waals surface area contributed by atoms with E-state index < -0.39 is 0 Å². The van der Waals surface area contributed by atoms with Gasteiger partial charge in [-0.05, 0) is 12.1 Å². The Morgan fingerprint density at radius 1 is 1.50 bits per heavy atom. The molecule has 6 heteroatoms. The number of carbonyl (C=O) groups is 1. The molecule has 20 heavy (non-hydrogen) atoms. The van der Waals surface area contributed by atoms with Crippen LogP contribution in [0.2, 0.25) is 0 Å². The van der Waals surface area contributed by atoms with Crippen LogP contribution in [0.5, 0.6) is 0 Å². The number of hydrogen-bond donors (Lipinski definition) is 2. The second-order valence-corrected chi connectivity index (χ2v) is 6.06. The lowest BCUT2D eigenvalue weighted by Crippen LogP contribution is -2.48. The standard InChI is InChI=1S/C14H20N2O2S.ClH/c1-11(19-12-5-3-2-4-6-12)9-16-14(17)13-10-15-7-8-18-13;/h2-6,11,13,15H,7-10H2,1H3,(H,16,17);1H. The fraction of sp³-hybridized carbons (Fsp3) is 0.500. The van der Waals surface area contributed by atoms with Crippen LogP contribution in [0.25, 0.3) is 0 Å². The molecule has 1 aliphatic heterocycles. The van der Waals surface area contributed by atoms with Gasteiger partial charge in [-0.2, -0.15) is 0 Å². The van der Waals surface area contributed by atoms with E-state index >= 15 is 0 Å². The Kier molecular flexibility index (Phi) is 7.99. The molecular formula is C14H21ClN2O2S. The maximum absolute atomic E-state index is 11.9. The van der Waals surface area contributed by atoms with Gasteiger partial charge >= 0.3 is 0 Å². The number of carbonyl (C=O) groups excluding carboxylic acids is 1. The van der Waals surface area contributed by atoms with Gasteiger partial charge in [0.25, 0.3) is 5.91 Å². The number of thioether (sulfide) groups is 1. The van der Waals surface area contributed by atoms with Gasteiger partial charge in [0.05, 0.1) is 6.61 Å². The summed E-state index contributed by atoms with van der Waals surface area (Å²) in [5, 5.41) is 6.44. The van der Waals surface area contributed by atoms with Crippen LogP contribution in [0.3, 0.4) is 0 Å². The summed E-state index contributed by atoms with van der Waals surface area (Å²) in [5.41, 5.74) is 0. The van der Waals surface area contributed by atoms with E-state index in [4.69, 9.17) is 4.74 Å². The third kappa shape index (κ3) is 5.71. The number of morpholine rings is 1. The van der Waals surface area contributed by atoms with Crippen molar-refractivity contribution in [3.8, 4) is 0 Å². The van der Waals surface area contributed by atoms with Crippen LogP contribution in [0.15, 0.2) is 35.2 Å². The van der Waals surface area contributed by atoms with E-state index in [1.807, 2.05) is 18.2 Å². The highest BCUT2D eigenvalue weighted by atomic mass is 35.5. The monoisotopic (exact) mass is 316 g/mol. The lowest BCUT2D eigenvalue weighted by Gasteiger charge is -2.23. The molecule has 1 aromatic carbocycles. The maximum atomic E-state index is 11.9. The van der Waals surface area contributed by atoms with E-state index in [0.717, 1.165) is 6.54 Å². The Balaban J connectivity index is 0.00000200. The number of rotatable bonds is 5. The molecule has 0 aromatic heterocycles. The minimum Gasteiger partial charge on any atom is -0.366 e. The molecule has 2 rings (SSSR count). The van der Waals surface area contributed by atoms with Crippen molar-refractivity contribution in [1.82, 2.24) is 10.6 Å². The molecule has 1 aliphatic rings. The molecular weight excluding hydrogens is 296 g/mol. The normalized spacial score (nSPS) is 19.8. The first-order valence-corrected chi connectivity index (χ1v) is 7.45. The van der Waals surface area contributed by atoms with Gasteiger partial charge in [0.15, 0.2) is 0 Å². The number of nitrogens with one attached hydrogen (secondary N) is 2. The second-order valence-electron chi connectivity index (χ2n) is 4.55. The summed E-state index contributed by atoms with van der Waals surface area (Å²) >= 11 is 1.76. The van der Waals surface area contributed by atoms with Crippen LogP contribution < -0.4 is 10.6 Å². The zero-order valence-electron chi connectivity index (χ0n) is 11.5. The Morgan fingerprint density at radius 3 is 2.90 bits per heavy atom. The predicted octanol–water partition coefficient (Wildman–Crippen LogP) is 1.69. The molecule has 1 fully saturated rings. The van der Waals surface area contributed by atoms with Crippen LogP contribution in [-0.2, 0) is 9.53 Å². The zero-order valence-corrected chi connectivity index (χ0v) is 13.1. The average Bonchev–Trinajstić information content (AvgIpc) is 2.47. The highest BCUT2D eigenvalue weighted by Gasteiger charge is 2.21. The second kappa shape index (κ2) is 9.23. The minimum absolute atomic E-state index is 0. The van der Waals surface area contributed by atoms with Gasteiger partial charge in [-0.15, -0.1) is 24.2 Å². The molecule has 0 spiro atoms. The number of hydrogen-bond acceptors (Lipinski definition) is 4. The van der Waals surface area contributed by atoms with E-state index in [2.05, 4.69) is 29.7 Å². The number of amides is 1. The van der Waals surface area contributed by atoms with Crippen molar-refractivity contribution >= 4 is 30.1 Å². The molecule has 4 nitrogen and oxygen atoms in total. The Morgan fingerprint density at radius 2 is 2.25 bits per heavy atom. The smallest absolute Gasteiger partial charge is 0.250 e. The largest absolute Gasteiger partial charge is 0.366 e. The van der Waals surface area contributed by atoms with Crippen LogP contribution in [0.4, 0.5) is 0 Å². The van der Waals surface area contributed by atoms with Crippen molar-refractivity contribution in [3.05, 3.63) is 30.3 Å². The van der Waals surface area contributed by atoms with E-state index in [-0.39, 0.29) is 24.4 Å². The van der Waals surface area contributed by atoms with E-state index in [1.165, 1.54) is 4.90 Å². The lowest BCUT2D eigenvalue weighted by atomic mass is 10.3. The van der Waals surface area contributed by atoms with Gasteiger partial charge in [0, 0.05) is 29.8 Å². The van der Waals surface area contributed by atoms with Gasteiger partial charge < -0.3 is 15.4 Å². The molecule has 1 heterocycles.